The molecule has 0 atom stereocenters. The zero-order valence-corrected chi connectivity index (χ0v) is 11.6. The van der Waals surface area contributed by atoms with Gasteiger partial charge in [0.25, 0.3) is 5.24 Å². The standard InChI is InChI=1S/C12H11ClN2O3S/c1-19-10-4-2-3-8(12(13)16)9(10)7-18-11-5-6-15(17)14-11/h2-6,17H,7H2,1H3. The molecular formula is C12H11ClN2O3S. The van der Waals surface area contributed by atoms with Crippen molar-refractivity contribution in [2.75, 3.05) is 6.26 Å². The number of nitrogens with zero attached hydrogens (tertiary/aromatic N) is 2. The zero-order chi connectivity index (χ0) is 13.8. The van der Waals surface area contributed by atoms with Crippen LogP contribution < -0.4 is 4.74 Å². The zero-order valence-electron chi connectivity index (χ0n) is 10.0. The molecule has 1 aromatic carbocycles. The molecule has 0 aliphatic heterocycles. The molecule has 1 N–H and O–H groups in total. The van der Waals surface area contributed by atoms with Crippen LogP contribution in [-0.4, -0.2) is 26.6 Å². The maximum atomic E-state index is 11.4. The van der Waals surface area contributed by atoms with Crippen LogP contribution in [-0.2, 0) is 6.61 Å². The molecule has 0 bridgehead atoms. The predicted octanol–water partition coefficient (Wildman–Crippen LogP) is 2.80. The number of benzene rings is 1. The molecule has 0 saturated heterocycles. The molecule has 2 rings (SSSR count). The van der Waals surface area contributed by atoms with Crippen LogP contribution in [0.25, 0.3) is 0 Å². The molecule has 7 heteroatoms. The van der Waals surface area contributed by atoms with E-state index in [2.05, 4.69) is 5.10 Å². The summed E-state index contributed by atoms with van der Waals surface area (Å²) in [4.78, 5) is 13.0. The number of hydrogen-bond donors (Lipinski definition) is 1. The number of ether oxygens (including phenoxy) is 1. The third-order valence-corrected chi connectivity index (χ3v) is 3.51. The van der Waals surface area contributed by atoms with E-state index in [1.54, 1.807) is 12.1 Å². The quantitative estimate of drug-likeness (QED) is 0.522. The molecule has 19 heavy (non-hydrogen) atoms. The van der Waals surface area contributed by atoms with Crippen LogP contribution in [0, 0.1) is 0 Å². The van der Waals surface area contributed by atoms with Crippen molar-refractivity contribution in [2.45, 2.75) is 11.5 Å². The van der Waals surface area contributed by atoms with Gasteiger partial charge in [-0.2, -0.15) is 0 Å². The van der Waals surface area contributed by atoms with E-state index in [0.717, 1.165) is 4.90 Å². The van der Waals surface area contributed by atoms with E-state index in [1.165, 1.54) is 24.0 Å². The molecule has 0 aliphatic rings. The van der Waals surface area contributed by atoms with E-state index >= 15 is 0 Å². The Morgan fingerprint density at radius 2 is 2.32 bits per heavy atom. The summed E-state index contributed by atoms with van der Waals surface area (Å²) in [6.07, 6.45) is 3.26. The van der Waals surface area contributed by atoms with E-state index in [1.807, 2.05) is 12.3 Å². The summed E-state index contributed by atoms with van der Waals surface area (Å²) in [5, 5.41) is 12.2. The highest BCUT2D eigenvalue weighted by molar-refractivity contribution is 7.98. The summed E-state index contributed by atoms with van der Waals surface area (Å²) in [6.45, 7) is 0.155. The molecule has 5 nitrogen and oxygen atoms in total. The Labute approximate surface area is 119 Å². The lowest BCUT2D eigenvalue weighted by Gasteiger charge is -2.11. The van der Waals surface area contributed by atoms with E-state index in [9.17, 15) is 4.79 Å². The van der Waals surface area contributed by atoms with Crippen LogP contribution in [0.15, 0.2) is 35.4 Å². The predicted molar refractivity (Wildman–Crippen MR) is 72.2 cm³/mol. The molecule has 0 spiro atoms. The van der Waals surface area contributed by atoms with Gasteiger partial charge < -0.3 is 9.94 Å². The molecular weight excluding hydrogens is 288 g/mol. The van der Waals surface area contributed by atoms with Gasteiger partial charge >= 0.3 is 0 Å². The summed E-state index contributed by atoms with van der Waals surface area (Å²) >= 11 is 7.06. The fourth-order valence-electron chi connectivity index (χ4n) is 1.61. The molecule has 0 saturated carbocycles. The summed E-state index contributed by atoms with van der Waals surface area (Å²) in [7, 11) is 0. The van der Waals surface area contributed by atoms with E-state index < -0.39 is 5.24 Å². The average Bonchev–Trinajstić information content (AvgIpc) is 2.81. The summed E-state index contributed by atoms with van der Waals surface area (Å²) in [6, 6.07) is 6.83. The molecule has 0 aliphatic carbocycles. The second kappa shape index (κ2) is 5.99. The minimum Gasteiger partial charge on any atom is -0.472 e. The van der Waals surface area contributed by atoms with Crippen LogP contribution in [0.1, 0.15) is 15.9 Å². The Morgan fingerprint density at radius 1 is 1.53 bits per heavy atom. The van der Waals surface area contributed by atoms with Crippen molar-refractivity contribution in [1.82, 2.24) is 9.94 Å². The molecule has 0 unspecified atom stereocenters. The molecule has 1 heterocycles. The minimum atomic E-state index is -0.526. The number of rotatable bonds is 5. The number of halogens is 1. The third-order valence-electron chi connectivity index (χ3n) is 2.48. The molecule has 2 aromatic rings. The fraction of sp³-hybridized carbons (Fsp3) is 0.167. The number of aromatic nitrogens is 2. The van der Waals surface area contributed by atoms with E-state index in [4.69, 9.17) is 21.5 Å². The van der Waals surface area contributed by atoms with Crippen molar-refractivity contribution in [3.63, 3.8) is 0 Å². The molecule has 0 fully saturated rings. The van der Waals surface area contributed by atoms with Gasteiger partial charge in [-0.1, -0.05) is 11.2 Å². The maximum absolute atomic E-state index is 11.4. The second-order valence-corrected chi connectivity index (χ2v) is 4.81. The highest BCUT2D eigenvalue weighted by Gasteiger charge is 2.14. The van der Waals surface area contributed by atoms with Gasteiger partial charge in [0.1, 0.15) is 6.61 Å². The van der Waals surface area contributed by atoms with Gasteiger partial charge in [-0.15, -0.1) is 16.6 Å². The Morgan fingerprint density at radius 3 is 2.89 bits per heavy atom. The Kier molecular flexibility index (Phi) is 4.34. The molecule has 1 aromatic heterocycles. The van der Waals surface area contributed by atoms with Crippen molar-refractivity contribution in [1.29, 1.82) is 0 Å². The van der Waals surface area contributed by atoms with Gasteiger partial charge in [0.05, 0.1) is 6.20 Å². The summed E-state index contributed by atoms with van der Waals surface area (Å²) < 4.78 is 5.43. The van der Waals surface area contributed by atoms with Crippen molar-refractivity contribution in [2.24, 2.45) is 0 Å². The van der Waals surface area contributed by atoms with Crippen molar-refractivity contribution in [3.05, 3.63) is 41.6 Å². The fourth-order valence-corrected chi connectivity index (χ4v) is 2.42. The lowest BCUT2D eigenvalue weighted by Crippen LogP contribution is -2.05. The molecule has 0 radical (unpaired) electrons. The number of thioether (sulfide) groups is 1. The number of carbonyl (C=O) groups excluding carboxylic acids is 1. The second-order valence-electron chi connectivity index (χ2n) is 3.62. The lowest BCUT2D eigenvalue weighted by atomic mass is 10.1. The maximum Gasteiger partial charge on any atom is 0.252 e. The first-order valence-corrected chi connectivity index (χ1v) is 6.95. The van der Waals surface area contributed by atoms with Gasteiger partial charge in [-0.25, -0.2) is 0 Å². The smallest absolute Gasteiger partial charge is 0.252 e. The first-order chi connectivity index (χ1) is 9.11. The summed E-state index contributed by atoms with van der Waals surface area (Å²) in [5.74, 6) is 0.270. The largest absolute Gasteiger partial charge is 0.472 e. The van der Waals surface area contributed by atoms with E-state index in [0.29, 0.717) is 16.0 Å². The molecule has 100 valence electrons. The highest BCUT2D eigenvalue weighted by atomic mass is 35.5. The molecule has 0 amide bonds. The number of carbonyl (C=O) groups is 1. The first-order valence-electron chi connectivity index (χ1n) is 5.35. The Hall–Kier alpha value is -1.66. The first kappa shape index (κ1) is 13.8. The van der Waals surface area contributed by atoms with Gasteiger partial charge in [0, 0.05) is 22.1 Å². The summed E-state index contributed by atoms with van der Waals surface area (Å²) in [5.41, 5.74) is 1.12. The Bertz CT molecular complexity index is 600. The van der Waals surface area contributed by atoms with Gasteiger partial charge in [0.2, 0.25) is 5.88 Å². The number of hydrogen-bond acceptors (Lipinski definition) is 5. The van der Waals surface area contributed by atoms with Crippen molar-refractivity contribution >= 4 is 28.6 Å². The Balaban J connectivity index is 2.25. The van der Waals surface area contributed by atoms with Crippen molar-refractivity contribution in [3.8, 4) is 5.88 Å². The van der Waals surface area contributed by atoms with E-state index in [-0.39, 0.29) is 12.5 Å². The van der Waals surface area contributed by atoms with Gasteiger partial charge in [-0.05, 0) is 30.0 Å². The van der Waals surface area contributed by atoms with Gasteiger partial charge in [0.15, 0.2) is 0 Å². The topological polar surface area (TPSA) is 64.3 Å². The third kappa shape index (κ3) is 3.21. The monoisotopic (exact) mass is 298 g/mol. The van der Waals surface area contributed by atoms with Crippen LogP contribution in [0.5, 0.6) is 5.88 Å². The van der Waals surface area contributed by atoms with Crippen LogP contribution in [0.4, 0.5) is 0 Å². The SMILES string of the molecule is CSc1cccc(C(=O)Cl)c1COc1ccn(O)n1. The normalized spacial score (nSPS) is 10.4. The van der Waals surface area contributed by atoms with Crippen LogP contribution >= 0.6 is 23.4 Å². The van der Waals surface area contributed by atoms with Crippen LogP contribution in [0.2, 0.25) is 0 Å². The lowest BCUT2D eigenvalue weighted by molar-refractivity contribution is 0.107. The van der Waals surface area contributed by atoms with Gasteiger partial charge in [-0.3, -0.25) is 4.79 Å². The highest BCUT2D eigenvalue weighted by Crippen LogP contribution is 2.26. The minimum absolute atomic E-state index is 0.155. The van der Waals surface area contributed by atoms with Crippen molar-refractivity contribution < 1.29 is 14.7 Å². The van der Waals surface area contributed by atoms with Crippen LogP contribution in [0.3, 0.4) is 0 Å². The average molecular weight is 299 g/mol.